The van der Waals surface area contributed by atoms with Gasteiger partial charge < -0.3 is 10.4 Å². The van der Waals surface area contributed by atoms with E-state index in [2.05, 4.69) is 12.2 Å². The molecule has 4 heteroatoms. The Morgan fingerprint density at radius 2 is 1.54 bits per heavy atom. The van der Waals surface area contributed by atoms with Gasteiger partial charge in [-0.05, 0) is 81.0 Å². The van der Waals surface area contributed by atoms with Crippen LogP contribution in [-0.4, -0.2) is 23.0 Å². The Balaban J connectivity index is 1.50. The first-order chi connectivity index (χ1) is 12.5. The Bertz CT molecular complexity index is 522. The lowest BCUT2D eigenvalue weighted by Gasteiger charge is -2.59. The van der Waals surface area contributed by atoms with Gasteiger partial charge in [-0.3, -0.25) is 9.59 Å². The predicted molar refractivity (Wildman–Crippen MR) is 101 cm³/mol. The van der Waals surface area contributed by atoms with Crippen molar-refractivity contribution in [2.24, 2.45) is 35.0 Å². The van der Waals surface area contributed by atoms with Crippen LogP contribution in [0.2, 0.25) is 0 Å². The molecule has 5 aliphatic carbocycles. The number of hydrogen-bond acceptors (Lipinski definition) is 2. The molecule has 2 N–H and O–H groups in total. The van der Waals surface area contributed by atoms with Gasteiger partial charge in [0.05, 0.1) is 11.8 Å². The summed E-state index contributed by atoms with van der Waals surface area (Å²) in [5, 5.41) is 13.0. The minimum absolute atomic E-state index is 0.0336. The van der Waals surface area contributed by atoms with E-state index in [1.807, 2.05) is 0 Å². The molecule has 0 saturated heterocycles. The maximum absolute atomic E-state index is 13.1. The van der Waals surface area contributed by atoms with Crippen LogP contribution in [0.5, 0.6) is 0 Å². The van der Waals surface area contributed by atoms with Crippen molar-refractivity contribution in [1.29, 1.82) is 0 Å². The monoisotopic (exact) mass is 361 g/mol. The Labute approximate surface area is 157 Å². The second kappa shape index (κ2) is 7.16. The number of amides is 1. The van der Waals surface area contributed by atoms with Gasteiger partial charge in [0.1, 0.15) is 0 Å². The molecule has 0 aromatic carbocycles. The first-order valence-corrected chi connectivity index (χ1v) is 11.0. The van der Waals surface area contributed by atoms with E-state index in [-0.39, 0.29) is 17.9 Å². The molecule has 5 saturated carbocycles. The van der Waals surface area contributed by atoms with Crippen molar-refractivity contribution < 1.29 is 14.7 Å². The van der Waals surface area contributed by atoms with E-state index >= 15 is 0 Å². The molecule has 146 valence electrons. The quantitative estimate of drug-likeness (QED) is 0.738. The minimum atomic E-state index is -0.785. The summed E-state index contributed by atoms with van der Waals surface area (Å²) in [5.74, 6) is 1.06. The van der Waals surface area contributed by atoms with Crippen molar-refractivity contribution in [3.8, 4) is 0 Å². The van der Waals surface area contributed by atoms with Crippen LogP contribution in [0.1, 0.15) is 84.0 Å². The highest BCUT2D eigenvalue weighted by atomic mass is 16.4. The van der Waals surface area contributed by atoms with Gasteiger partial charge in [-0.25, -0.2) is 0 Å². The maximum atomic E-state index is 13.1. The number of carbonyl (C=O) groups excluding carboxylic acids is 1. The molecule has 0 aliphatic heterocycles. The standard InChI is InChI=1S/C22H35NO3/c1-2-5-19(22-11-14-8-15(12-22)10-16(9-14)13-22)23-20(24)17-6-3-4-7-18(17)21(25)26/h14-19H,2-13H2,1H3,(H,23,24)(H,25,26)/t14?,15?,16?,17-,18-,19+,22?/m1/s1. The van der Waals surface area contributed by atoms with Gasteiger partial charge in [-0.15, -0.1) is 0 Å². The van der Waals surface area contributed by atoms with Gasteiger partial charge >= 0.3 is 5.97 Å². The van der Waals surface area contributed by atoms with Crippen molar-refractivity contribution in [3.05, 3.63) is 0 Å². The van der Waals surface area contributed by atoms with Crippen LogP contribution in [0.25, 0.3) is 0 Å². The molecule has 26 heavy (non-hydrogen) atoms. The highest BCUT2D eigenvalue weighted by molar-refractivity contribution is 5.85. The van der Waals surface area contributed by atoms with Crippen molar-refractivity contribution in [3.63, 3.8) is 0 Å². The number of hydrogen-bond donors (Lipinski definition) is 2. The second-order valence-electron chi connectivity index (χ2n) is 9.97. The molecule has 0 heterocycles. The first-order valence-electron chi connectivity index (χ1n) is 11.0. The van der Waals surface area contributed by atoms with E-state index in [1.54, 1.807) is 0 Å². The SMILES string of the molecule is CCC[C@H](NC(=O)[C@@H]1CCCC[C@H]1C(=O)O)C12CC3CC(CC(C3)C1)C2. The molecule has 0 unspecified atom stereocenters. The van der Waals surface area contributed by atoms with E-state index in [0.29, 0.717) is 11.8 Å². The van der Waals surface area contributed by atoms with Crippen LogP contribution in [0, 0.1) is 35.0 Å². The van der Waals surface area contributed by atoms with Crippen molar-refractivity contribution in [2.75, 3.05) is 0 Å². The zero-order chi connectivity index (χ0) is 18.3. The fourth-order valence-electron chi connectivity index (χ4n) is 7.44. The summed E-state index contributed by atoms with van der Waals surface area (Å²) in [5.41, 5.74) is 0.299. The molecule has 3 atom stereocenters. The smallest absolute Gasteiger partial charge is 0.307 e. The zero-order valence-electron chi connectivity index (χ0n) is 16.2. The van der Waals surface area contributed by atoms with E-state index in [1.165, 1.54) is 38.5 Å². The van der Waals surface area contributed by atoms with Gasteiger partial charge in [-0.1, -0.05) is 26.2 Å². The summed E-state index contributed by atoms with van der Waals surface area (Å²) >= 11 is 0. The fraction of sp³-hybridized carbons (Fsp3) is 0.909. The largest absolute Gasteiger partial charge is 0.481 e. The average molecular weight is 362 g/mol. The third-order valence-electron chi connectivity index (χ3n) is 8.14. The molecule has 5 fully saturated rings. The number of rotatable bonds is 6. The summed E-state index contributed by atoms with van der Waals surface area (Å²) in [6, 6.07) is 0.254. The molecule has 0 radical (unpaired) electrons. The van der Waals surface area contributed by atoms with Gasteiger partial charge in [-0.2, -0.15) is 0 Å². The van der Waals surface area contributed by atoms with Crippen LogP contribution in [0.15, 0.2) is 0 Å². The van der Waals surface area contributed by atoms with Crippen molar-refractivity contribution in [1.82, 2.24) is 5.32 Å². The summed E-state index contributed by atoms with van der Waals surface area (Å²) < 4.78 is 0. The normalized spacial score (nSPS) is 42.4. The van der Waals surface area contributed by atoms with Crippen molar-refractivity contribution >= 4 is 11.9 Å². The number of carbonyl (C=O) groups is 2. The minimum Gasteiger partial charge on any atom is -0.481 e. The maximum Gasteiger partial charge on any atom is 0.307 e. The summed E-state index contributed by atoms with van der Waals surface area (Å²) in [6.07, 6.45) is 13.5. The summed E-state index contributed by atoms with van der Waals surface area (Å²) in [6.45, 7) is 2.21. The average Bonchev–Trinajstić information content (AvgIpc) is 2.60. The number of aliphatic carboxylic acids is 1. The highest BCUT2D eigenvalue weighted by Crippen LogP contribution is 2.61. The fourth-order valence-corrected chi connectivity index (χ4v) is 7.44. The van der Waals surface area contributed by atoms with Gasteiger partial charge in [0, 0.05) is 6.04 Å². The number of carboxylic acids is 1. The second-order valence-corrected chi connectivity index (χ2v) is 9.97. The van der Waals surface area contributed by atoms with E-state index in [9.17, 15) is 14.7 Å². The Morgan fingerprint density at radius 1 is 1.00 bits per heavy atom. The van der Waals surface area contributed by atoms with Crippen LogP contribution in [0.3, 0.4) is 0 Å². The number of carboxylic acid groups (broad SMARTS) is 1. The van der Waals surface area contributed by atoms with Crippen molar-refractivity contribution in [2.45, 2.75) is 90.0 Å². The third kappa shape index (κ3) is 3.29. The van der Waals surface area contributed by atoms with E-state index in [0.717, 1.165) is 49.9 Å². The molecule has 4 nitrogen and oxygen atoms in total. The highest BCUT2D eigenvalue weighted by Gasteiger charge is 2.54. The van der Waals surface area contributed by atoms with Crippen LogP contribution in [-0.2, 0) is 9.59 Å². The Kier molecular flexibility index (Phi) is 5.04. The molecule has 4 bridgehead atoms. The van der Waals surface area contributed by atoms with E-state index < -0.39 is 11.9 Å². The predicted octanol–water partition coefficient (Wildman–Crippen LogP) is 4.38. The van der Waals surface area contributed by atoms with Gasteiger partial charge in [0.25, 0.3) is 0 Å². The Morgan fingerprint density at radius 3 is 2.04 bits per heavy atom. The third-order valence-corrected chi connectivity index (χ3v) is 8.14. The molecule has 0 aromatic heterocycles. The summed E-state index contributed by atoms with van der Waals surface area (Å²) in [7, 11) is 0. The molecular formula is C22H35NO3. The van der Waals surface area contributed by atoms with Crippen LogP contribution < -0.4 is 5.32 Å². The lowest BCUT2D eigenvalue weighted by molar-refractivity contribution is -0.150. The first kappa shape index (κ1) is 18.3. The van der Waals surface area contributed by atoms with Gasteiger partial charge in [0.2, 0.25) is 5.91 Å². The summed E-state index contributed by atoms with van der Waals surface area (Å²) in [4.78, 5) is 24.7. The lowest BCUT2D eigenvalue weighted by atomic mass is 9.47. The number of nitrogens with one attached hydrogen (secondary N) is 1. The molecule has 0 spiro atoms. The molecule has 1 amide bonds. The van der Waals surface area contributed by atoms with E-state index in [4.69, 9.17) is 0 Å². The topological polar surface area (TPSA) is 66.4 Å². The Hall–Kier alpha value is -1.06. The van der Waals surface area contributed by atoms with Crippen LogP contribution in [0.4, 0.5) is 0 Å². The zero-order valence-corrected chi connectivity index (χ0v) is 16.2. The molecule has 5 aliphatic rings. The molecular weight excluding hydrogens is 326 g/mol. The lowest BCUT2D eigenvalue weighted by Crippen LogP contribution is -2.58. The molecule has 0 aromatic rings. The molecule has 5 rings (SSSR count). The van der Waals surface area contributed by atoms with Gasteiger partial charge in [0.15, 0.2) is 0 Å². The van der Waals surface area contributed by atoms with Crippen LogP contribution >= 0.6 is 0 Å².